The van der Waals surface area contributed by atoms with Gasteiger partial charge in [0.25, 0.3) is 0 Å². The van der Waals surface area contributed by atoms with Crippen molar-refractivity contribution < 1.29 is 18.0 Å². The molecular formula is C18H21F3N6O. The molecule has 3 heterocycles. The van der Waals surface area contributed by atoms with E-state index in [-0.39, 0.29) is 18.5 Å². The Morgan fingerprint density at radius 1 is 1.50 bits per heavy atom. The first-order valence-electron chi connectivity index (χ1n) is 8.93. The number of alkyl halides is 3. The van der Waals surface area contributed by atoms with E-state index in [9.17, 15) is 23.2 Å². The number of halogens is 3. The first-order chi connectivity index (χ1) is 13.2. The van der Waals surface area contributed by atoms with Crippen molar-refractivity contribution in [3.05, 3.63) is 24.0 Å². The van der Waals surface area contributed by atoms with E-state index >= 15 is 0 Å². The molecule has 2 amide bonds. The summed E-state index contributed by atoms with van der Waals surface area (Å²) in [6.45, 7) is 1.26. The van der Waals surface area contributed by atoms with Crippen LogP contribution in [0.25, 0.3) is 11.0 Å². The van der Waals surface area contributed by atoms with Crippen molar-refractivity contribution in [1.82, 2.24) is 20.2 Å². The number of pyridine rings is 1. The number of hydrogen-bond acceptors (Lipinski definition) is 4. The number of urea groups is 1. The molecule has 2 aromatic rings. The Hall–Kier alpha value is -2.96. The van der Waals surface area contributed by atoms with Crippen molar-refractivity contribution in [2.45, 2.75) is 25.6 Å². The Labute approximate surface area is 160 Å². The molecule has 1 aliphatic heterocycles. The average Bonchev–Trinajstić information content (AvgIpc) is 3.30. The molecule has 10 heteroatoms. The minimum Gasteiger partial charge on any atom is -0.368 e. The zero-order valence-electron chi connectivity index (χ0n) is 15.5. The van der Waals surface area contributed by atoms with Gasteiger partial charge in [0.15, 0.2) is 0 Å². The monoisotopic (exact) mass is 394 g/mol. The van der Waals surface area contributed by atoms with Crippen molar-refractivity contribution in [2.24, 2.45) is 5.92 Å². The van der Waals surface area contributed by atoms with Gasteiger partial charge in [-0.25, -0.2) is 9.78 Å². The molecule has 1 saturated heterocycles. The summed E-state index contributed by atoms with van der Waals surface area (Å²) in [7, 11) is 1.84. The smallest absolute Gasteiger partial charge is 0.368 e. The number of likely N-dealkylation sites (tertiary alicyclic amines) is 1. The maximum Gasteiger partial charge on any atom is 0.405 e. The maximum atomic E-state index is 12.4. The van der Waals surface area contributed by atoms with Crippen LogP contribution >= 0.6 is 0 Å². The molecule has 0 radical (unpaired) electrons. The van der Waals surface area contributed by atoms with Crippen LogP contribution in [-0.4, -0.2) is 59.8 Å². The first-order valence-corrected chi connectivity index (χ1v) is 8.93. The topological polar surface area (TPSA) is 88.1 Å². The summed E-state index contributed by atoms with van der Waals surface area (Å²) < 4.78 is 37.2. The van der Waals surface area contributed by atoms with Gasteiger partial charge in [0.1, 0.15) is 18.3 Å². The van der Waals surface area contributed by atoms with Crippen LogP contribution in [0.4, 0.5) is 23.7 Å². The molecule has 0 aromatic carbocycles. The number of likely N-dealkylation sites (N-methyl/N-ethyl adjacent to an activating group) is 1. The van der Waals surface area contributed by atoms with Crippen molar-refractivity contribution in [3.63, 3.8) is 0 Å². The molecule has 1 unspecified atom stereocenters. The summed E-state index contributed by atoms with van der Waals surface area (Å²) in [5.74, 6) is 0.0651. The van der Waals surface area contributed by atoms with Crippen molar-refractivity contribution in [1.29, 1.82) is 5.26 Å². The molecule has 28 heavy (non-hydrogen) atoms. The summed E-state index contributed by atoms with van der Waals surface area (Å²) in [5.41, 5.74) is 1.76. The quantitative estimate of drug-likeness (QED) is 0.835. The van der Waals surface area contributed by atoms with Crippen LogP contribution in [0, 0.1) is 17.2 Å². The van der Waals surface area contributed by atoms with Gasteiger partial charge < -0.3 is 20.1 Å². The van der Waals surface area contributed by atoms with Crippen molar-refractivity contribution in [3.8, 4) is 6.07 Å². The van der Waals surface area contributed by atoms with Crippen LogP contribution < -0.4 is 10.2 Å². The van der Waals surface area contributed by atoms with E-state index in [4.69, 9.17) is 0 Å². The predicted octanol–water partition coefficient (Wildman–Crippen LogP) is 2.85. The number of nitrogens with zero attached hydrogens (tertiary/aromatic N) is 4. The normalized spacial score (nSPS) is 19.6. The second-order valence-electron chi connectivity index (χ2n) is 6.90. The van der Waals surface area contributed by atoms with Gasteiger partial charge >= 0.3 is 12.2 Å². The fraction of sp³-hybridized carbons (Fsp3) is 0.500. The van der Waals surface area contributed by atoms with Gasteiger partial charge in [0.2, 0.25) is 0 Å². The molecule has 3 rings (SSSR count). The van der Waals surface area contributed by atoms with Crippen LogP contribution in [0.2, 0.25) is 0 Å². The molecule has 0 spiro atoms. The lowest BCUT2D eigenvalue weighted by atomic mass is 9.98. The van der Waals surface area contributed by atoms with E-state index in [2.05, 4.69) is 16.0 Å². The fourth-order valence-electron chi connectivity index (χ4n) is 3.77. The lowest BCUT2D eigenvalue weighted by molar-refractivity contribution is -0.123. The van der Waals surface area contributed by atoms with E-state index in [0.717, 1.165) is 11.8 Å². The molecular weight excluding hydrogens is 373 g/mol. The average molecular weight is 394 g/mol. The second-order valence-corrected chi connectivity index (χ2v) is 6.90. The van der Waals surface area contributed by atoms with E-state index < -0.39 is 18.8 Å². The van der Waals surface area contributed by atoms with Gasteiger partial charge in [0.05, 0.1) is 17.3 Å². The molecule has 1 aliphatic rings. The SMILES string of the molecule is CC[C@@H]1CN(C(=O)NCC(F)(F)F)CC1N(C)c1c(C#N)cnc2[nH]ccc12. The number of rotatable bonds is 4. The number of H-pyrrole nitrogens is 1. The third-order valence-electron chi connectivity index (χ3n) is 5.19. The Balaban J connectivity index is 1.84. The van der Waals surface area contributed by atoms with E-state index in [1.807, 2.05) is 30.3 Å². The number of nitriles is 1. The number of nitrogens with one attached hydrogen (secondary N) is 2. The third kappa shape index (κ3) is 3.83. The molecule has 0 bridgehead atoms. The summed E-state index contributed by atoms with van der Waals surface area (Å²) in [4.78, 5) is 22.8. The maximum absolute atomic E-state index is 12.4. The second kappa shape index (κ2) is 7.58. The van der Waals surface area contributed by atoms with Crippen molar-refractivity contribution in [2.75, 3.05) is 31.6 Å². The highest BCUT2D eigenvalue weighted by atomic mass is 19.4. The molecule has 0 saturated carbocycles. The number of carbonyl (C=O) groups is 1. The van der Waals surface area contributed by atoms with Crippen LogP contribution in [0.15, 0.2) is 18.5 Å². The van der Waals surface area contributed by atoms with E-state index in [1.54, 1.807) is 6.20 Å². The number of fused-ring (bicyclic) bond motifs is 1. The predicted molar refractivity (Wildman–Crippen MR) is 97.8 cm³/mol. The number of anilines is 1. The number of aromatic amines is 1. The van der Waals surface area contributed by atoms with Gasteiger partial charge in [-0.1, -0.05) is 6.92 Å². The highest BCUT2D eigenvalue weighted by Crippen LogP contribution is 2.34. The summed E-state index contributed by atoms with van der Waals surface area (Å²) in [6.07, 6.45) is -0.469. The summed E-state index contributed by atoms with van der Waals surface area (Å²) in [6, 6.07) is 3.12. The highest BCUT2D eigenvalue weighted by molar-refractivity contribution is 5.93. The van der Waals surface area contributed by atoms with E-state index in [1.165, 1.54) is 11.1 Å². The van der Waals surface area contributed by atoms with E-state index in [0.29, 0.717) is 23.4 Å². The number of carbonyl (C=O) groups excluding carboxylic acids is 1. The standard InChI is InChI=1S/C18H21F3N6O/c1-3-11-8-27(17(28)25-10-18(19,20)21)9-14(11)26(2)15-12(6-22)7-24-16-13(15)4-5-23-16/h4-5,7,11,14H,3,8-10H2,1-2H3,(H,23,24)(H,25,28)/t11-,14?/m1/s1. The van der Waals surface area contributed by atoms with Gasteiger partial charge in [0, 0.05) is 37.9 Å². The lowest BCUT2D eigenvalue weighted by Gasteiger charge is -2.31. The van der Waals surface area contributed by atoms with Gasteiger partial charge in [-0.05, 0) is 18.4 Å². The summed E-state index contributed by atoms with van der Waals surface area (Å²) >= 11 is 0. The lowest BCUT2D eigenvalue weighted by Crippen LogP contribution is -2.44. The van der Waals surface area contributed by atoms with Crippen LogP contribution in [0.1, 0.15) is 18.9 Å². The minimum absolute atomic E-state index is 0.0651. The molecule has 7 nitrogen and oxygen atoms in total. The minimum atomic E-state index is -4.45. The van der Waals surface area contributed by atoms with Crippen molar-refractivity contribution >= 4 is 22.8 Å². The van der Waals surface area contributed by atoms with Gasteiger partial charge in [-0.3, -0.25) is 0 Å². The Morgan fingerprint density at radius 3 is 2.89 bits per heavy atom. The number of hydrogen-bond donors (Lipinski definition) is 2. The van der Waals surface area contributed by atoms with Crippen LogP contribution in [0.3, 0.4) is 0 Å². The first kappa shape index (κ1) is 19.8. The Kier molecular flexibility index (Phi) is 5.36. The highest BCUT2D eigenvalue weighted by Gasteiger charge is 2.38. The molecule has 2 aromatic heterocycles. The molecule has 2 atom stereocenters. The number of amides is 2. The Bertz CT molecular complexity index is 903. The number of aromatic nitrogens is 2. The van der Waals surface area contributed by atoms with Gasteiger partial charge in [-0.2, -0.15) is 18.4 Å². The van der Waals surface area contributed by atoms with Gasteiger partial charge in [-0.15, -0.1) is 0 Å². The molecule has 150 valence electrons. The fourth-order valence-corrected chi connectivity index (χ4v) is 3.77. The largest absolute Gasteiger partial charge is 0.405 e. The third-order valence-corrected chi connectivity index (χ3v) is 5.19. The summed E-state index contributed by atoms with van der Waals surface area (Å²) in [5, 5.41) is 12.2. The zero-order valence-corrected chi connectivity index (χ0v) is 15.5. The van der Waals surface area contributed by atoms with Crippen LogP contribution in [-0.2, 0) is 0 Å². The Morgan fingerprint density at radius 2 is 2.25 bits per heavy atom. The van der Waals surface area contributed by atoms with Crippen LogP contribution in [0.5, 0.6) is 0 Å². The molecule has 2 N–H and O–H groups in total. The molecule has 1 fully saturated rings. The molecule has 0 aliphatic carbocycles. The zero-order chi connectivity index (χ0) is 20.5.